The number of nitrogens with zero attached hydrogens (tertiary/aromatic N) is 3. The topological polar surface area (TPSA) is 41.0 Å². The lowest BCUT2D eigenvalue weighted by atomic mass is 10.0. The minimum atomic E-state index is 0.535. The van der Waals surface area contributed by atoms with E-state index >= 15 is 0 Å². The van der Waals surface area contributed by atoms with Gasteiger partial charge in [0, 0.05) is 35.1 Å². The Morgan fingerprint density at radius 3 is 2.79 bits per heavy atom. The first-order chi connectivity index (χ1) is 9.16. The van der Waals surface area contributed by atoms with Crippen LogP contribution >= 0.6 is 22.6 Å². The summed E-state index contributed by atoms with van der Waals surface area (Å²) in [6.45, 7) is 7.68. The van der Waals surface area contributed by atoms with Crippen LogP contribution in [-0.2, 0) is 0 Å². The van der Waals surface area contributed by atoms with Crippen LogP contribution in [-0.4, -0.2) is 35.6 Å². The number of aromatic nitrogens is 2. The highest BCUT2D eigenvalue weighted by Gasteiger charge is 2.24. The summed E-state index contributed by atoms with van der Waals surface area (Å²) in [4.78, 5) is 11.3. The molecule has 106 valence electrons. The number of anilines is 1. The van der Waals surface area contributed by atoms with E-state index in [1.807, 2.05) is 12.4 Å². The molecule has 0 bridgehead atoms. The van der Waals surface area contributed by atoms with Gasteiger partial charge >= 0.3 is 0 Å². The second kappa shape index (κ2) is 7.38. The molecule has 1 saturated heterocycles. The average molecular weight is 374 g/mol. The second-order valence-electron chi connectivity index (χ2n) is 5.60. The van der Waals surface area contributed by atoms with Gasteiger partial charge in [-0.2, -0.15) is 0 Å². The fraction of sp³-hybridized carbons (Fsp3) is 0.714. The molecule has 0 radical (unpaired) electrons. The molecule has 2 heterocycles. The Hall–Kier alpha value is -0.430. The number of rotatable bonds is 5. The first-order valence-electron chi connectivity index (χ1n) is 7.11. The maximum Gasteiger partial charge on any atom is 0.225 e. The summed E-state index contributed by atoms with van der Waals surface area (Å²) in [7, 11) is 0. The predicted molar refractivity (Wildman–Crippen MR) is 87.4 cm³/mol. The third-order valence-corrected chi connectivity index (χ3v) is 3.98. The molecule has 4 nitrogen and oxygen atoms in total. The molecule has 5 heteroatoms. The molecular weight excluding hydrogens is 351 g/mol. The van der Waals surface area contributed by atoms with Crippen LogP contribution in [0.25, 0.3) is 0 Å². The van der Waals surface area contributed by atoms with E-state index in [2.05, 4.69) is 56.6 Å². The number of hydrogen-bond donors (Lipinski definition) is 1. The fourth-order valence-electron chi connectivity index (χ4n) is 2.47. The zero-order valence-electron chi connectivity index (χ0n) is 11.8. The van der Waals surface area contributed by atoms with Gasteiger partial charge in [0.1, 0.15) is 0 Å². The van der Waals surface area contributed by atoms with Crippen molar-refractivity contribution in [3.8, 4) is 0 Å². The summed E-state index contributed by atoms with van der Waals surface area (Å²) in [5, 5.41) is 3.57. The fourth-order valence-corrected chi connectivity index (χ4v) is 2.75. The van der Waals surface area contributed by atoms with Crippen LogP contribution < -0.4 is 10.2 Å². The molecule has 0 aliphatic carbocycles. The van der Waals surface area contributed by atoms with E-state index in [9.17, 15) is 0 Å². The van der Waals surface area contributed by atoms with Gasteiger partial charge < -0.3 is 10.2 Å². The highest BCUT2D eigenvalue weighted by Crippen LogP contribution is 2.21. The first-order valence-corrected chi connectivity index (χ1v) is 8.19. The molecule has 1 aliphatic rings. The van der Waals surface area contributed by atoms with Crippen LogP contribution in [0.3, 0.4) is 0 Å². The molecule has 1 fully saturated rings. The van der Waals surface area contributed by atoms with Crippen LogP contribution in [0.5, 0.6) is 0 Å². The average Bonchev–Trinajstić information content (AvgIpc) is 2.40. The molecular formula is C14H23IN4. The van der Waals surface area contributed by atoms with Crippen LogP contribution in [0, 0.1) is 9.49 Å². The lowest BCUT2D eigenvalue weighted by Gasteiger charge is -2.36. The van der Waals surface area contributed by atoms with Crippen molar-refractivity contribution in [2.24, 2.45) is 5.92 Å². The Balaban J connectivity index is 1.97. The van der Waals surface area contributed by atoms with Crippen LogP contribution in [0.15, 0.2) is 12.4 Å². The second-order valence-corrected chi connectivity index (χ2v) is 6.84. The monoisotopic (exact) mass is 374 g/mol. The van der Waals surface area contributed by atoms with Gasteiger partial charge in [-0.15, -0.1) is 0 Å². The molecule has 19 heavy (non-hydrogen) atoms. The van der Waals surface area contributed by atoms with Crippen molar-refractivity contribution in [1.29, 1.82) is 0 Å². The third kappa shape index (κ3) is 4.56. The van der Waals surface area contributed by atoms with Crippen molar-refractivity contribution < 1.29 is 0 Å². The van der Waals surface area contributed by atoms with E-state index in [-0.39, 0.29) is 0 Å². The van der Waals surface area contributed by atoms with Crippen molar-refractivity contribution in [2.45, 2.75) is 39.2 Å². The maximum absolute atomic E-state index is 4.47. The van der Waals surface area contributed by atoms with Gasteiger partial charge in [-0.05, 0) is 54.3 Å². The van der Waals surface area contributed by atoms with E-state index in [4.69, 9.17) is 0 Å². The van der Waals surface area contributed by atoms with Crippen molar-refractivity contribution >= 4 is 28.5 Å². The zero-order chi connectivity index (χ0) is 13.7. The molecule has 1 aromatic heterocycles. The summed E-state index contributed by atoms with van der Waals surface area (Å²) in [6, 6.07) is 0.535. The van der Waals surface area contributed by atoms with Gasteiger partial charge in [0.05, 0.1) is 0 Å². The Labute approximate surface area is 129 Å². The molecule has 1 aliphatic heterocycles. The molecule has 0 aromatic carbocycles. The molecule has 1 aromatic rings. The molecule has 1 atom stereocenters. The molecule has 2 rings (SSSR count). The van der Waals surface area contributed by atoms with Crippen LogP contribution in [0.1, 0.15) is 33.1 Å². The lowest BCUT2D eigenvalue weighted by Crippen LogP contribution is -2.47. The largest absolute Gasteiger partial charge is 0.337 e. The minimum Gasteiger partial charge on any atom is -0.337 e. The Kier molecular flexibility index (Phi) is 5.81. The number of hydrogen-bond acceptors (Lipinski definition) is 4. The van der Waals surface area contributed by atoms with Gasteiger partial charge in [-0.1, -0.05) is 13.8 Å². The van der Waals surface area contributed by atoms with Gasteiger partial charge in [-0.3, -0.25) is 0 Å². The lowest BCUT2D eigenvalue weighted by molar-refractivity contribution is 0.418. The van der Waals surface area contributed by atoms with E-state index in [1.165, 1.54) is 19.3 Å². The SMILES string of the molecule is CC(C)CNCC1CCCCN1c1ncc(I)cn1. The van der Waals surface area contributed by atoms with Crippen LogP contribution in [0.2, 0.25) is 0 Å². The Bertz CT molecular complexity index is 380. The highest BCUT2D eigenvalue weighted by atomic mass is 127. The van der Waals surface area contributed by atoms with Gasteiger partial charge in [0.2, 0.25) is 5.95 Å². The number of nitrogens with one attached hydrogen (secondary N) is 1. The van der Waals surface area contributed by atoms with Crippen LogP contribution in [0.4, 0.5) is 5.95 Å². The summed E-state index contributed by atoms with van der Waals surface area (Å²) in [6.07, 6.45) is 7.59. The van der Waals surface area contributed by atoms with E-state index in [0.717, 1.165) is 29.2 Å². The predicted octanol–water partition coefficient (Wildman–Crippen LogP) is 2.69. The zero-order valence-corrected chi connectivity index (χ0v) is 13.9. The summed E-state index contributed by atoms with van der Waals surface area (Å²) in [5.41, 5.74) is 0. The van der Waals surface area contributed by atoms with Gasteiger partial charge in [0.15, 0.2) is 0 Å². The Morgan fingerprint density at radius 1 is 1.37 bits per heavy atom. The Morgan fingerprint density at radius 2 is 2.11 bits per heavy atom. The van der Waals surface area contributed by atoms with Crippen molar-refractivity contribution in [3.63, 3.8) is 0 Å². The van der Waals surface area contributed by atoms with Crippen molar-refractivity contribution in [3.05, 3.63) is 16.0 Å². The summed E-state index contributed by atoms with van der Waals surface area (Å²) in [5.74, 6) is 1.59. The van der Waals surface area contributed by atoms with E-state index < -0.39 is 0 Å². The maximum atomic E-state index is 4.47. The molecule has 0 amide bonds. The summed E-state index contributed by atoms with van der Waals surface area (Å²) < 4.78 is 1.09. The summed E-state index contributed by atoms with van der Waals surface area (Å²) >= 11 is 2.25. The molecule has 1 unspecified atom stereocenters. The molecule has 1 N–H and O–H groups in total. The van der Waals surface area contributed by atoms with Gasteiger partial charge in [0.25, 0.3) is 0 Å². The first kappa shape index (κ1) is 15.0. The van der Waals surface area contributed by atoms with E-state index in [1.54, 1.807) is 0 Å². The standard InChI is InChI=1S/C14H23IN4/c1-11(2)7-16-10-13-5-3-4-6-19(13)14-17-8-12(15)9-18-14/h8-9,11,13,16H,3-7,10H2,1-2H3. The van der Waals surface area contributed by atoms with Crippen molar-refractivity contribution in [2.75, 3.05) is 24.5 Å². The van der Waals surface area contributed by atoms with E-state index in [0.29, 0.717) is 12.0 Å². The van der Waals surface area contributed by atoms with Gasteiger partial charge in [-0.25, -0.2) is 9.97 Å². The minimum absolute atomic E-state index is 0.535. The number of piperidine rings is 1. The van der Waals surface area contributed by atoms with Crippen molar-refractivity contribution in [1.82, 2.24) is 15.3 Å². The third-order valence-electron chi connectivity index (χ3n) is 3.42. The molecule has 0 spiro atoms. The normalized spacial score (nSPS) is 20.0. The quantitative estimate of drug-likeness (QED) is 0.805. The number of halogens is 1. The highest BCUT2D eigenvalue weighted by molar-refractivity contribution is 14.1. The smallest absolute Gasteiger partial charge is 0.225 e. The molecule has 0 saturated carbocycles.